The highest BCUT2D eigenvalue weighted by Crippen LogP contribution is 2.37. The van der Waals surface area contributed by atoms with Crippen LogP contribution in [0.4, 0.5) is 11.4 Å². The van der Waals surface area contributed by atoms with Crippen LogP contribution in [0, 0.1) is 0 Å². The Hall–Kier alpha value is -3.39. The summed E-state index contributed by atoms with van der Waals surface area (Å²) in [7, 11) is -3.86. The highest BCUT2D eigenvalue weighted by Gasteiger charge is 2.26. The maximum atomic E-state index is 13.1. The van der Waals surface area contributed by atoms with E-state index < -0.39 is 10.0 Å². The predicted octanol–water partition coefficient (Wildman–Crippen LogP) is 3.08. The highest BCUT2D eigenvalue weighted by atomic mass is 32.2. The molecule has 26 heavy (non-hydrogen) atoms. The summed E-state index contributed by atoms with van der Waals surface area (Å²) in [5, 5.41) is 11.3. The van der Waals surface area contributed by atoms with Crippen molar-refractivity contribution in [1.82, 2.24) is 10.2 Å². The number of aromatic nitrogens is 2. The first-order chi connectivity index (χ1) is 12.5. The van der Waals surface area contributed by atoms with Gasteiger partial charge in [-0.2, -0.15) is 5.10 Å². The number of anilines is 2. The maximum absolute atomic E-state index is 13.1. The lowest BCUT2D eigenvalue weighted by Crippen LogP contribution is -2.13. The summed E-state index contributed by atoms with van der Waals surface area (Å²) in [5.41, 5.74) is 2.28. The fraction of sp³-hybridized carbons (Fsp3) is 0. The minimum Gasteiger partial charge on any atom is -0.321 e. The Morgan fingerprint density at radius 3 is 2.69 bits per heavy atom. The molecule has 2 heterocycles. The van der Waals surface area contributed by atoms with Crippen LogP contribution in [-0.4, -0.2) is 24.5 Å². The topological polar surface area (TPSA) is 104 Å². The standard InChI is InChI=1S/C18H12N4O3S/c23-18-11-4-1-3-10-16(8-7-15(20-18)17(10)11)26(24,25)22-14-6-2-5-13-12(14)9-19-21-13/h1-9,22H,(H,19,21)(H,20,23). The zero-order valence-corrected chi connectivity index (χ0v) is 14.1. The molecule has 5 rings (SSSR count). The molecular formula is C18H12N4O3S. The van der Waals surface area contributed by atoms with Gasteiger partial charge >= 0.3 is 0 Å². The maximum Gasteiger partial charge on any atom is 0.262 e. The van der Waals surface area contributed by atoms with E-state index in [1.807, 2.05) is 6.07 Å². The second kappa shape index (κ2) is 5.06. The Morgan fingerprint density at radius 2 is 1.81 bits per heavy atom. The molecule has 1 aliphatic heterocycles. The van der Waals surface area contributed by atoms with Gasteiger partial charge in [-0.1, -0.05) is 18.2 Å². The Bertz CT molecular complexity index is 1330. The molecule has 0 aliphatic carbocycles. The van der Waals surface area contributed by atoms with Crippen molar-refractivity contribution in [2.45, 2.75) is 4.90 Å². The molecule has 0 atom stereocenters. The van der Waals surface area contributed by atoms with E-state index in [-0.39, 0.29) is 10.8 Å². The fourth-order valence-electron chi connectivity index (χ4n) is 3.35. The van der Waals surface area contributed by atoms with Gasteiger partial charge in [0.05, 0.1) is 22.3 Å². The van der Waals surface area contributed by atoms with Crippen LogP contribution in [0.2, 0.25) is 0 Å². The van der Waals surface area contributed by atoms with Gasteiger partial charge in [-0.05, 0) is 30.3 Å². The van der Waals surface area contributed by atoms with Gasteiger partial charge in [-0.3, -0.25) is 14.6 Å². The first-order valence-corrected chi connectivity index (χ1v) is 9.35. The summed E-state index contributed by atoms with van der Waals surface area (Å²) in [5.74, 6) is -0.226. The molecule has 0 saturated heterocycles. The molecule has 0 bridgehead atoms. The van der Waals surface area contributed by atoms with E-state index in [2.05, 4.69) is 20.2 Å². The number of H-pyrrole nitrogens is 1. The summed E-state index contributed by atoms with van der Waals surface area (Å²) in [6.07, 6.45) is 1.57. The van der Waals surface area contributed by atoms with Crippen molar-refractivity contribution in [2.75, 3.05) is 10.0 Å². The number of fused-ring (bicyclic) bond motifs is 1. The molecule has 1 amide bonds. The SMILES string of the molecule is O=C1Nc2ccc(S(=O)(=O)Nc3cccc4[nH]ncc34)c3cccc1c23. The third-order valence-electron chi connectivity index (χ3n) is 4.51. The van der Waals surface area contributed by atoms with Gasteiger partial charge in [0, 0.05) is 27.4 Å². The van der Waals surface area contributed by atoms with Crippen LogP contribution in [0.25, 0.3) is 21.7 Å². The van der Waals surface area contributed by atoms with Crippen molar-refractivity contribution in [2.24, 2.45) is 0 Å². The predicted molar refractivity (Wildman–Crippen MR) is 98.8 cm³/mol. The fourth-order valence-corrected chi connectivity index (χ4v) is 4.64. The Morgan fingerprint density at radius 1 is 0.962 bits per heavy atom. The summed E-state index contributed by atoms with van der Waals surface area (Å²) in [4.78, 5) is 12.1. The van der Waals surface area contributed by atoms with Gasteiger partial charge in [0.25, 0.3) is 15.9 Å². The molecule has 0 spiro atoms. The van der Waals surface area contributed by atoms with E-state index in [0.717, 1.165) is 5.52 Å². The second-order valence-electron chi connectivity index (χ2n) is 6.04. The third kappa shape index (κ3) is 2.02. The van der Waals surface area contributed by atoms with E-state index in [1.165, 1.54) is 6.07 Å². The molecule has 0 fully saturated rings. The first kappa shape index (κ1) is 14.9. The minimum absolute atomic E-state index is 0.120. The molecule has 0 unspecified atom stereocenters. The highest BCUT2D eigenvalue weighted by molar-refractivity contribution is 7.93. The van der Waals surface area contributed by atoms with E-state index in [9.17, 15) is 13.2 Å². The van der Waals surface area contributed by atoms with Crippen LogP contribution in [0.3, 0.4) is 0 Å². The summed E-state index contributed by atoms with van der Waals surface area (Å²) < 4.78 is 28.8. The zero-order valence-electron chi connectivity index (χ0n) is 13.3. The molecular weight excluding hydrogens is 352 g/mol. The molecule has 3 N–H and O–H groups in total. The van der Waals surface area contributed by atoms with Gasteiger partial charge in [0.1, 0.15) is 0 Å². The lowest BCUT2D eigenvalue weighted by Gasteiger charge is -2.12. The molecule has 3 aromatic carbocycles. The van der Waals surface area contributed by atoms with Crippen LogP contribution >= 0.6 is 0 Å². The Labute approximate surface area is 148 Å². The molecule has 0 radical (unpaired) electrons. The monoisotopic (exact) mass is 364 g/mol. The van der Waals surface area contributed by atoms with Crippen LogP contribution in [0.1, 0.15) is 10.4 Å². The molecule has 4 aromatic rings. The van der Waals surface area contributed by atoms with Crippen LogP contribution in [-0.2, 0) is 10.0 Å². The molecule has 7 nitrogen and oxygen atoms in total. The van der Waals surface area contributed by atoms with Gasteiger partial charge in [0.2, 0.25) is 0 Å². The molecule has 1 aromatic heterocycles. The number of benzene rings is 3. The van der Waals surface area contributed by atoms with Gasteiger partial charge in [-0.15, -0.1) is 0 Å². The van der Waals surface area contributed by atoms with Gasteiger partial charge < -0.3 is 5.32 Å². The number of hydrogen-bond acceptors (Lipinski definition) is 4. The average Bonchev–Trinajstić information content (AvgIpc) is 3.22. The zero-order chi connectivity index (χ0) is 17.9. The minimum atomic E-state index is -3.86. The summed E-state index contributed by atoms with van der Waals surface area (Å²) >= 11 is 0. The number of carbonyl (C=O) groups excluding carboxylic acids is 1. The quantitative estimate of drug-likeness (QED) is 0.520. The lowest BCUT2D eigenvalue weighted by molar-refractivity contribution is 0.103. The molecule has 128 valence electrons. The van der Waals surface area contributed by atoms with Crippen LogP contribution < -0.4 is 10.0 Å². The number of nitrogens with zero attached hydrogens (tertiary/aromatic N) is 1. The van der Waals surface area contributed by atoms with Crippen molar-refractivity contribution in [3.8, 4) is 0 Å². The molecule has 8 heteroatoms. The van der Waals surface area contributed by atoms with E-state index in [1.54, 1.807) is 42.6 Å². The van der Waals surface area contributed by atoms with E-state index >= 15 is 0 Å². The van der Waals surface area contributed by atoms with Crippen molar-refractivity contribution in [3.63, 3.8) is 0 Å². The second-order valence-corrected chi connectivity index (χ2v) is 7.69. The van der Waals surface area contributed by atoms with Crippen molar-refractivity contribution in [1.29, 1.82) is 0 Å². The number of nitrogens with one attached hydrogen (secondary N) is 3. The number of aromatic amines is 1. The van der Waals surface area contributed by atoms with Crippen molar-refractivity contribution in [3.05, 3.63) is 60.3 Å². The number of rotatable bonds is 3. The van der Waals surface area contributed by atoms with Crippen LogP contribution in [0.5, 0.6) is 0 Å². The smallest absolute Gasteiger partial charge is 0.262 e. The van der Waals surface area contributed by atoms with E-state index in [0.29, 0.717) is 33.1 Å². The first-order valence-electron chi connectivity index (χ1n) is 7.86. The largest absolute Gasteiger partial charge is 0.321 e. The molecule has 1 aliphatic rings. The number of carbonyl (C=O) groups is 1. The average molecular weight is 364 g/mol. The Balaban J connectivity index is 1.69. The molecule has 0 saturated carbocycles. The van der Waals surface area contributed by atoms with Gasteiger partial charge in [0.15, 0.2) is 0 Å². The third-order valence-corrected chi connectivity index (χ3v) is 5.94. The van der Waals surface area contributed by atoms with Gasteiger partial charge in [-0.25, -0.2) is 8.42 Å². The van der Waals surface area contributed by atoms with Crippen LogP contribution in [0.15, 0.2) is 59.6 Å². The summed E-state index contributed by atoms with van der Waals surface area (Å²) in [6, 6.07) is 13.4. The van der Waals surface area contributed by atoms with E-state index in [4.69, 9.17) is 0 Å². The Kier molecular flexibility index (Phi) is 2.90. The normalized spacial score (nSPS) is 13.3. The lowest BCUT2D eigenvalue weighted by atomic mass is 10.1. The number of hydrogen-bond donors (Lipinski definition) is 3. The number of sulfonamides is 1. The summed E-state index contributed by atoms with van der Waals surface area (Å²) in [6.45, 7) is 0. The van der Waals surface area contributed by atoms with Crippen molar-refractivity contribution < 1.29 is 13.2 Å². The van der Waals surface area contributed by atoms with Crippen molar-refractivity contribution >= 4 is 49.0 Å². The number of amides is 1.